The van der Waals surface area contributed by atoms with Crippen molar-refractivity contribution in [2.24, 2.45) is 0 Å². The van der Waals surface area contributed by atoms with Crippen LogP contribution in [0, 0.1) is 10.1 Å². The van der Waals surface area contributed by atoms with Gasteiger partial charge in [-0.15, -0.1) is 0 Å². The Hall–Kier alpha value is -4.26. The van der Waals surface area contributed by atoms with Crippen molar-refractivity contribution in [1.29, 1.82) is 0 Å². The summed E-state index contributed by atoms with van der Waals surface area (Å²) in [6.45, 7) is 0. The van der Waals surface area contributed by atoms with Gasteiger partial charge in [-0.25, -0.2) is 4.79 Å². The first kappa shape index (κ1) is 19.1. The summed E-state index contributed by atoms with van der Waals surface area (Å²) in [6.07, 6.45) is 0.319. The van der Waals surface area contributed by atoms with E-state index in [1.807, 2.05) is 18.2 Å². The fourth-order valence-corrected chi connectivity index (χ4v) is 3.29. The van der Waals surface area contributed by atoms with Crippen molar-refractivity contribution < 1.29 is 19.2 Å². The summed E-state index contributed by atoms with van der Waals surface area (Å²) < 4.78 is 5.54. The smallest absolute Gasteiger partial charge is 0.346 e. The number of para-hydroxylation sites is 2. The number of nitrogens with zero attached hydrogens (tertiary/aromatic N) is 1. The number of aromatic nitrogens is 1. The minimum atomic E-state index is -1.25. The van der Waals surface area contributed by atoms with Gasteiger partial charge in [-0.05, 0) is 12.1 Å². The first-order valence-electron chi connectivity index (χ1n) is 9.16. The Balaban J connectivity index is 1.74. The van der Waals surface area contributed by atoms with Crippen LogP contribution in [0.4, 0.5) is 5.69 Å². The molecule has 0 radical (unpaired) electrons. The Morgan fingerprint density at radius 3 is 2.30 bits per heavy atom. The fraction of sp³-hybridized carbons (Fsp3) is 0.0435. The Morgan fingerprint density at radius 2 is 1.53 bits per heavy atom. The quantitative estimate of drug-likeness (QED) is 0.216. The number of ketones is 1. The molecule has 3 aromatic carbocycles. The summed E-state index contributed by atoms with van der Waals surface area (Å²) >= 11 is 0. The zero-order chi connectivity index (χ0) is 21.1. The van der Waals surface area contributed by atoms with Crippen molar-refractivity contribution in [1.82, 2.24) is 4.98 Å². The van der Waals surface area contributed by atoms with E-state index in [-0.39, 0.29) is 11.3 Å². The highest BCUT2D eigenvalue weighted by atomic mass is 16.6. The number of Topliss-reactive ketones (excluding diaryl/α,β-unsaturated/α-hetero) is 1. The molecule has 4 aromatic rings. The Morgan fingerprint density at radius 1 is 0.867 bits per heavy atom. The number of hydrogen-bond donors (Lipinski definition) is 1. The van der Waals surface area contributed by atoms with Crippen LogP contribution in [0.15, 0.2) is 85.1 Å². The lowest BCUT2D eigenvalue weighted by Crippen LogP contribution is -2.20. The van der Waals surface area contributed by atoms with Crippen molar-refractivity contribution in [2.45, 2.75) is 6.10 Å². The molecule has 1 heterocycles. The molecule has 0 bridgehead atoms. The standard InChI is InChI=1S/C23H16N2O5/c26-21(18-14-24-19-12-6-4-10-16(18)19)22(15-8-2-1-3-9-15)30-23(27)17-11-5-7-13-20(17)25(28)29/h1-14,22,24H. The summed E-state index contributed by atoms with van der Waals surface area (Å²) in [6, 6.07) is 21.3. The van der Waals surface area contributed by atoms with E-state index in [0.29, 0.717) is 16.5 Å². The number of fused-ring (bicyclic) bond motifs is 1. The third kappa shape index (κ3) is 3.56. The molecule has 1 atom stereocenters. The van der Waals surface area contributed by atoms with Crippen LogP contribution in [0.1, 0.15) is 32.4 Å². The molecule has 1 unspecified atom stereocenters. The Bertz CT molecular complexity index is 1250. The van der Waals surface area contributed by atoms with Crippen LogP contribution in [0.25, 0.3) is 10.9 Å². The molecule has 4 rings (SSSR count). The van der Waals surface area contributed by atoms with Gasteiger partial charge in [0.25, 0.3) is 5.69 Å². The molecular weight excluding hydrogens is 384 g/mol. The van der Waals surface area contributed by atoms with Gasteiger partial charge in [0.15, 0.2) is 6.10 Å². The summed E-state index contributed by atoms with van der Waals surface area (Å²) in [4.78, 5) is 39.8. The lowest BCUT2D eigenvalue weighted by atomic mass is 9.99. The molecule has 148 valence electrons. The maximum Gasteiger partial charge on any atom is 0.346 e. The number of carbonyl (C=O) groups is 2. The maximum atomic E-state index is 13.4. The number of ether oxygens (including phenoxy) is 1. The maximum absolute atomic E-state index is 13.4. The van der Waals surface area contributed by atoms with E-state index in [1.54, 1.807) is 42.6 Å². The van der Waals surface area contributed by atoms with Gasteiger partial charge in [0.05, 0.1) is 4.92 Å². The van der Waals surface area contributed by atoms with E-state index in [0.717, 1.165) is 5.52 Å². The molecule has 7 heteroatoms. The van der Waals surface area contributed by atoms with Crippen LogP contribution in [0.2, 0.25) is 0 Å². The molecule has 0 spiro atoms. The van der Waals surface area contributed by atoms with Gasteiger partial charge in [0.1, 0.15) is 5.56 Å². The first-order valence-corrected chi connectivity index (χ1v) is 9.16. The second kappa shape index (κ2) is 8.00. The monoisotopic (exact) mass is 400 g/mol. The van der Waals surface area contributed by atoms with E-state index in [2.05, 4.69) is 4.98 Å². The lowest BCUT2D eigenvalue weighted by Gasteiger charge is -2.17. The topological polar surface area (TPSA) is 102 Å². The minimum Gasteiger partial charge on any atom is -0.445 e. The number of hydrogen-bond acceptors (Lipinski definition) is 5. The molecule has 1 aromatic heterocycles. The third-order valence-corrected chi connectivity index (χ3v) is 4.74. The third-order valence-electron chi connectivity index (χ3n) is 4.74. The number of aromatic amines is 1. The zero-order valence-electron chi connectivity index (χ0n) is 15.6. The first-order chi connectivity index (χ1) is 14.6. The SMILES string of the molecule is O=C(OC(C(=O)c1c[nH]c2ccccc12)c1ccccc1)c1ccccc1[N+](=O)[O-]. The van der Waals surface area contributed by atoms with Crippen molar-refractivity contribution in [3.63, 3.8) is 0 Å². The average molecular weight is 400 g/mol. The van der Waals surface area contributed by atoms with Gasteiger partial charge in [0, 0.05) is 34.3 Å². The van der Waals surface area contributed by atoms with Crippen LogP contribution in [-0.4, -0.2) is 21.7 Å². The highest BCUT2D eigenvalue weighted by molar-refractivity contribution is 6.11. The fourth-order valence-electron chi connectivity index (χ4n) is 3.29. The van der Waals surface area contributed by atoms with Gasteiger partial charge in [-0.3, -0.25) is 14.9 Å². The molecule has 0 saturated carbocycles. The zero-order valence-corrected chi connectivity index (χ0v) is 15.6. The summed E-state index contributed by atoms with van der Waals surface area (Å²) in [5, 5.41) is 12.0. The Labute approximate surface area is 171 Å². The normalized spacial score (nSPS) is 11.7. The van der Waals surface area contributed by atoms with E-state index in [1.165, 1.54) is 24.3 Å². The minimum absolute atomic E-state index is 0.213. The second-order valence-electron chi connectivity index (χ2n) is 6.58. The van der Waals surface area contributed by atoms with Crippen molar-refractivity contribution in [3.8, 4) is 0 Å². The van der Waals surface area contributed by atoms with Crippen LogP contribution >= 0.6 is 0 Å². The molecular formula is C23H16N2O5. The van der Waals surface area contributed by atoms with Crippen LogP contribution in [-0.2, 0) is 4.74 Å². The van der Waals surface area contributed by atoms with Gasteiger partial charge in [-0.2, -0.15) is 0 Å². The van der Waals surface area contributed by atoms with E-state index >= 15 is 0 Å². The van der Waals surface area contributed by atoms with E-state index in [4.69, 9.17) is 4.74 Å². The molecule has 7 nitrogen and oxygen atoms in total. The second-order valence-corrected chi connectivity index (χ2v) is 6.58. The number of nitrogens with one attached hydrogen (secondary N) is 1. The lowest BCUT2D eigenvalue weighted by molar-refractivity contribution is -0.385. The summed E-state index contributed by atoms with van der Waals surface area (Å²) in [7, 11) is 0. The molecule has 0 aliphatic rings. The van der Waals surface area contributed by atoms with Crippen LogP contribution in [0.5, 0.6) is 0 Å². The molecule has 0 fully saturated rings. The number of nitro groups is 1. The summed E-state index contributed by atoms with van der Waals surface area (Å²) in [5.41, 5.74) is 1.02. The van der Waals surface area contributed by atoms with Crippen molar-refractivity contribution in [3.05, 3.63) is 112 Å². The van der Waals surface area contributed by atoms with Gasteiger partial charge >= 0.3 is 5.97 Å². The number of benzene rings is 3. The number of esters is 1. The van der Waals surface area contributed by atoms with Gasteiger partial charge < -0.3 is 9.72 Å². The van der Waals surface area contributed by atoms with Gasteiger partial charge in [0.2, 0.25) is 5.78 Å². The van der Waals surface area contributed by atoms with Gasteiger partial charge in [-0.1, -0.05) is 60.7 Å². The number of rotatable bonds is 6. The largest absolute Gasteiger partial charge is 0.445 e. The van der Waals surface area contributed by atoms with Crippen molar-refractivity contribution >= 4 is 28.3 Å². The highest BCUT2D eigenvalue weighted by Crippen LogP contribution is 2.29. The van der Waals surface area contributed by atoms with Crippen molar-refractivity contribution in [2.75, 3.05) is 0 Å². The van der Waals surface area contributed by atoms with Crippen LogP contribution < -0.4 is 0 Å². The summed E-state index contributed by atoms with van der Waals surface area (Å²) in [5.74, 6) is -1.37. The van der Waals surface area contributed by atoms with E-state index < -0.39 is 22.8 Å². The predicted molar refractivity (Wildman–Crippen MR) is 110 cm³/mol. The predicted octanol–water partition coefficient (Wildman–Crippen LogP) is 4.86. The molecule has 30 heavy (non-hydrogen) atoms. The molecule has 0 saturated heterocycles. The van der Waals surface area contributed by atoms with E-state index in [9.17, 15) is 19.7 Å². The number of carbonyl (C=O) groups excluding carboxylic acids is 2. The molecule has 0 amide bonds. The number of H-pyrrole nitrogens is 1. The Kier molecular flexibility index (Phi) is 5.09. The highest BCUT2D eigenvalue weighted by Gasteiger charge is 2.30. The van der Waals surface area contributed by atoms with Crippen LogP contribution in [0.3, 0.4) is 0 Å². The average Bonchev–Trinajstić information content (AvgIpc) is 3.21. The number of nitro benzene ring substituents is 1. The molecule has 1 N–H and O–H groups in total. The molecule has 0 aliphatic carbocycles. The molecule has 0 aliphatic heterocycles.